The van der Waals surface area contributed by atoms with E-state index in [0.717, 1.165) is 44.9 Å². The molecule has 4 N–H and O–H groups in total. The van der Waals surface area contributed by atoms with E-state index in [4.69, 9.17) is 24.8 Å². The number of hydrogen-bond donors (Lipinski definition) is 3. The number of aliphatic carboxylic acids is 1. The molecular weight excluding hydrogens is 645 g/mol. The van der Waals surface area contributed by atoms with Gasteiger partial charge in [-0.3, -0.25) is 18.6 Å². The summed E-state index contributed by atoms with van der Waals surface area (Å²) in [6.45, 7) is 3.87. The third kappa shape index (κ3) is 35.2. The summed E-state index contributed by atoms with van der Waals surface area (Å²) < 4.78 is 33.2. The summed E-state index contributed by atoms with van der Waals surface area (Å²) in [6, 6.07) is -1.47. The molecule has 0 amide bonds. The third-order valence-electron chi connectivity index (χ3n) is 8.89. The topological polar surface area (TPSA) is 155 Å². The Morgan fingerprint density at radius 3 is 1.35 bits per heavy atom. The molecule has 0 bridgehead atoms. The lowest BCUT2D eigenvalue weighted by atomic mass is 10.0. The summed E-state index contributed by atoms with van der Waals surface area (Å²) in [5.41, 5.74) is 5.33. The molecule has 0 heterocycles. The van der Waals surface area contributed by atoms with Crippen LogP contribution in [0.2, 0.25) is 0 Å². The van der Waals surface area contributed by atoms with Gasteiger partial charge in [0.05, 0.1) is 19.8 Å². The van der Waals surface area contributed by atoms with Gasteiger partial charge in [0.1, 0.15) is 12.1 Å². The number of phosphoric ester groups is 1. The van der Waals surface area contributed by atoms with Crippen LogP contribution in [0, 0.1) is 0 Å². The summed E-state index contributed by atoms with van der Waals surface area (Å²) in [5, 5.41) is 8.85. The van der Waals surface area contributed by atoms with Crippen molar-refractivity contribution in [2.75, 3.05) is 26.4 Å². The molecule has 0 saturated carbocycles. The second kappa shape index (κ2) is 35.4. The Kier molecular flexibility index (Phi) is 34.6. The van der Waals surface area contributed by atoms with Crippen LogP contribution in [0.4, 0.5) is 0 Å². The van der Waals surface area contributed by atoms with E-state index >= 15 is 0 Å². The summed E-state index contributed by atoms with van der Waals surface area (Å²) in [5.74, 6) is -1.77. The lowest BCUT2D eigenvalue weighted by Crippen LogP contribution is -2.34. The zero-order valence-corrected chi connectivity index (χ0v) is 32.5. The van der Waals surface area contributed by atoms with E-state index in [1.807, 2.05) is 0 Å². The van der Waals surface area contributed by atoms with E-state index in [1.54, 1.807) is 0 Å². The predicted molar refractivity (Wildman–Crippen MR) is 199 cm³/mol. The maximum atomic E-state index is 12.5. The molecule has 0 saturated heterocycles. The van der Waals surface area contributed by atoms with E-state index < -0.39 is 45.1 Å². The van der Waals surface area contributed by atoms with E-state index in [9.17, 15) is 19.0 Å². The fourth-order valence-corrected chi connectivity index (χ4v) is 6.50. The Bertz CT molecular complexity index is 801. The first-order chi connectivity index (χ1) is 23.7. The van der Waals surface area contributed by atoms with E-state index in [1.165, 1.54) is 128 Å². The SMILES string of the molecule is CCCCCCCCCCCCCCCCCCCCCOCC(COP(=O)(O)OCC(N)C(=O)O)OC(=O)CCCCCCCCCC. The van der Waals surface area contributed by atoms with Crippen molar-refractivity contribution in [3.8, 4) is 0 Å². The highest BCUT2D eigenvalue weighted by atomic mass is 31.2. The van der Waals surface area contributed by atoms with Crippen molar-refractivity contribution in [1.29, 1.82) is 0 Å². The molecule has 0 radical (unpaired) electrons. The van der Waals surface area contributed by atoms with Crippen LogP contribution in [-0.4, -0.2) is 60.5 Å². The first-order valence-corrected chi connectivity index (χ1v) is 21.6. The highest BCUT2D eigenvalue weighted by molar-refractivity contribution is 7.47. The van der Waals surface area contributed by atoms with Gasteiger partial charge >= 0.3 is 19.8 Å². The second-order valence-corrected chi connectivity index (χ2v) is 15.2. The zero-order chi connectivity index (χ0) is 36.3. The number of esters is 1. The lowest BCUT2D eigenvalue weighted by molar-refractivity contribution is -0.154. The Morgan fingerprint density at radius 2 is 0.939 bits per heavy atom. The fourth-order valence-electron chi connectivity index (χ4n) is 5.72. The second-order valence-electron chi connectivity index (χ2n) is 13.8. The smallest absolute Gasteiger partial charge is 0.472 e. The molecule has 10 nitrogen and oxygen atoms in total. The van der Waals surface area contributed by atoms with Gasteiger partial charge in [-0.15, -0.1) is 0 Å². The maximum absolute atomic E-state index is 12.5. The molecule has 0 rings (SSSR count). The Labute approximate surface area is 299 Å². The number of carbonyl (C=O) groups excluding carboxylic acids is 1. The van der Waals surface area contributed by atoms with Gasteiger partial charge < -0.3 is 25.2 Å². The summed E-state index contributed by atoms with van der Waals surface area (Å²) in [7, 11) is -4.60. The zero-order valence-electron chi connectivity index (χ0n) is 31.6. The van der Waals surface area contributed by atoms with Gasteiger partial charge in [0.2, 0.25) is 0 Å². The number of ether oxygens (including phenoxy) is 2. The Morgan fingerprint density at radius 1 is 0.571 bits per heavy atom. The van der Waals surface area contributed by atoms with Crippen molar-refractivity contribution in [3.63, 3.8) is 0 Å². The van der Waals surface area contributed by atoms with E-state index in [-0.39, 0.29) is 13.0 Å². The lowest BCUT2D eigenvalue weighted by Gasteiger charge is -2.20. The molecule has 0 aromatic carbocycles. The number of nitrogens with two attached hydrogens (primary N) is 1. The van der Waals surface area contributed by atoms with Crippen LogP contribution in [-0.2, 0) is 32.7 Å². The van der Waals surface area contributed by atoms with Crippen LogP contribution in [0.5, 0.6) is 0 Å². The normalized spacial score (nSPS) is 14.0. The van der Waals surface area contributed by atoms with E-state index in [0.29, 0.717) is 6.61 Å². The minimum Gasteiger partial charge on any atom is -0.480 e. The monoisotopic (exact) mass is 722 g/mol. The number of hydrogen-bond acceptors (Lipinski definition) is 8. The summed E-state index contributed by atoms with van der Waals surface area (Å²) in [6.07, 6.45) is 33.2. The van der Waals surface area contributed by atoms with Crippen LogP contribution < -0.4 is 5.73 Å². The van der Waals surface area contributed by atoms with Gasteiger partial charge in [-0.1, -0.05) is 174 Å². The molecule has 0 aliphatic rings. The number of carboxylic acid groups (broad SMARTS) is 1. The molecule has 49 heavy (non-hydrogen) atoms. The van der Waals surface area contributed by atoms with Gasteiger partial charge in [-0.25, -0.2) is 4.57 Å². The molecule has 0 aliphatic carbocycles. The third-order valence-corrected chi connectivity index (χ3v) is 9.84. The number of unbranched alkanes of at least 4 members (excludes halogenated alkanes) is 25. The minimum atomic E-state index is -4.60. The molecule has 0 aromatic heterocycles. The highest BCUT2D eigenvalue weighted by Crippen LogP contribution is 2.43. The number of phosphoric acid groups is 1. The van der Waals surface area contributed by atoms with Crippen LogP contribution >= 0.6 is 7.82 Å². The molecule has 0 spiro atoms. The molecule has 11 heteroatoms. The van der Waals surface area contributed by atoms with Crippen molar-refractivity contribution >= 4 is 19.8 Å². The molecule has 0 fully saturated rings. The first kappa shape index (κ1) is 48.0. The molecule has 3 atom stereocenters. The van der Waals surface area contributed by atoms with Crippen LogP contribution in [0.15, 0.2) is 0 Å². The number of rotatable bonds is 39. The van der Waals surface area contributed by atoms with Crippen molar-refractivity contribution < 1.29 is 42.7 Å². The number of carbonyl (C=O) groups is 2. The highest BCUT2D eigenvalue weighted by Gasteiger charge is 2.27. The average Bonchev–Trinajstić information content (AvgIpc) is 3.07. The number of carboxylic acids is 1. The van der Waals surface area contributed by atoms with Crippen molar-refractivity contribution in [2.45, 2.75) is 206 Å². The van der Waals surface area contributed by atoms with Crippen LogP contribution in [0.1, 0.15) is 194 Å². The van der Waals surface area contributed by atoms with Crippen molar-refractivity contribution in [1.82, 2.24) is 0 Å². The van der Waals surface area contributed by atoms with Gasteiger partial charge in [0.25, 0.3) is 0 Å². The predicted octanol–water partition coefficient (Wildman–Crippen LogP) is 10.4. The Balaban J connectivity index is 4.10. The Hall–Kier alpha value is -1.03. The summed E-state index contributed by atoms with van der Waals surface area (Å²) >= 11 is 0. The van der Waals surface area contributed by atoms with Gasteiger partial charge in [0.15, 0.2) is 0 Å². The minimum absolute atomic E-state index is 0.0247. The maximum Gasteiger partial charge on any atom is 0.472 e. The van der Waals surface area contributed by atoms with Crippen molar-refractivity contribution in [2.24, 2.45) is 5.73 Å². The molecule has 3 unspecified atom stereocenters. The first-order valence-electron chi connectivity index (χ1n) is 20.1. The molecule has 0 aromatic rings. The molecular formula is C38H76NO9P. The van der Waals surface area contributed by atoms with Gasteiger partial charge in [0, 0.05) is 13.0 Å². The average molecular weight is 722 g/mol. The van der Waals surface area contributed by atoms with E-state index in [2.05, 4.69) is 18.4 Å². The van der Waals surface area contributed by atoms with Crippen molar-refractivity contribution in [3.05, 3.63) is 0 Å². The quantitative estimate of drug-likeness (QED) is 0.0317. The molecule has 292 valence electrons. The van der Waals surface area contributed by atoms with Crippen LogP contribution in [0.3, 0.4) is 0 Å². The fraction of sp³-hybridized carbons (Fsp3) is 0.947. The standard InChI is InChI=1S/C38H76NO9P/c1-3-5-7-9-11-13-14-15-16-17-18-19-20-21-22-23-25-27-29-31-45-32-35(33-46-49(43,44)47-34-36(39)38(41)42)48-37(40)30-28-26-24-12-10-8-6-4-2/h35-36H,3-34,39H2,1-2H3,(H,41,42)(H,43,44). The molecule has 0 aliphatic heterocycles. The van der Waals surface area contributed by atoms with Crippen LogP contribution in [0.25, 0.3) is 0 Å². The summed E-state index contributed by atoms with van der Waals surface area (Å²) in [4.78, 5) is 33.3. The van der Waals surface area contributed by atoms with Gasteiger partial charge in [-0.2, -0.15) is 0 Å². The van der Waals surface area contributed by atoms with Gasteiger partial charge in [-0.05, 0) is 12.8 Å². The largest absolute Gasteiger partial charge is 0.480 e.